The Morgan fingerprint density at radius 2 is 1.93 bits per heavy atom. The van der Waals surface area contributed by atoms with Crippen molar-refractivity contribution in [2.45, 2.75) is 45.9 Å². The molecule has 0 saturated heterocycles. The lowest BCUT2D eigenvalue weighted by atomic mass is 9.87. The number of fused-ring (bicyclic) bond motifs is 1. The van der Waals surface area contributed by atoms with Crippen LogP contribution < -0.4 is 4.74 Å². The number of halogens is 1. The van der Waals surface area contributed by atoms with Gasteiger partial charge in [0.25, 0.3) is 5.91 Å². The number of benzene rings is 2. The molecular weight excluding hydrogens is 511 g/mol. The minimum atomic E-state index is -0.410. The first kappa shape index (κ1) is 27.2. The van der Waals surface area contributed by atoms with E-state index in [4.69, 9.17) is 13.6 Å². The van der Waals surface area contributed by atoms with Crippen molar-refractivity contribution in [1.82, 2.24) is 9.80 Å². The molecule has 0 fully saturated rings. The fraction of sp³-hybridized carbons (Fsp3) is 0.312. The highest BCUT2D eigenvalue weighted by molar-refractivity contribution is 5.91. The molecule has 208 valence electrons. The van der Waals surface area contributed by atoms with Crippen LogP contribution in [0.4, 0.5) is 4.39 Å². The topological polar surface area (TPSA) is 76.1 Å². The molecule has 0 bridgehead atoms. The number of nitrogens with zero attached hydrogens (tertiary/aromatic N) is 2. The van der Waals surface area contributed by atoms with E-state index in [1.165, 1.54) is 17.0 Å². The fourth-order valence-electron chi connectivity index (χ4n) is 5.08. The van der Waals surface area contributed by atoms with E-state index in [0.717, 1.165) is 16.7 Å². The first-order valence-electron chi connectivity index (χ1n) is 13.5. The van der Waals surface area contributed by atoms with Crippen LogP contribution in [-0.2, 0) is 24.4 Å². The van der Waals surface area contributed by atoms with Gasteiger partial charge in [-0.1, -0.05) is 32.0 Å². The maximum atomic E-state index is 14.3. The van der Waals surface area contributed by atoms with Crippen LogP contribution in [0.3, 0.4) is 0 Å². The predicted octanol–water partition coefficient (Wildman–Crippen LogP) is 6.38. The van der Waals surface area contributed by atoms with Crippen molar-refractivity contribution < 1.29 is 27.6 Å². The summed E-state index contributed by atoms with van der Waals surface area (Å²) in [5, 5.41) is 0. The summed E-state index contributed by atoms with van der Waals surface area (Å²) < 4.78 is 31.4. The Balaban J connectivity index is 1.33. The van der Waals surface area contributed by atoms with Gasteiger partial charge < -0.3 is 23.4 Å². The highest BCUT2D eigenvalue weighted by atomic mass is 19.1. The molecule has 0 spiro atoms. The third-order valence-electron chi connectivity index (χ3n) is 6.99. The molecule has 4 aromatic rings. The largest absolute Gasteiger partial charge is 0.486 e. The van der Waals surface area contributed by atoms with Crippen molar-refractivity contribution in [1.29, 1.82) is 0 Å². The van der Waals surface area contributed by atoms with E-state index < -0.39 is 6.04 Å². The van der Waals surface area contributed by atoms with Crippen LogP contribution in [0.2, 0.25) is 0 Å². The highest BCUT2D eigenvalue weighted by Crippen LogP contribution is 2.38. The molecule has 0 N–H and O–H groups in total. The molecule has 8 heteroatoms. The van der Waals surface area contributed by atoms with Gasteiger partial charge in [-0.3, -0.25) is 9.59 Å². The quantitative estimate of drug-likeness (QED) is 0.244. The first-order chi connectivity index (χ1) is 19.3. The molecule has 1 unspecified atom stereocenters. The molecule has 40 heavy (non-hydrogen) atoms. The monoisotopic (exact) mass is 544 g/mol. The molecule has 0 radical (unpaired) electrons. The SMILES string of the molecule is CC(C)CC(=O)N1CCc2ccc(OCc3ccc(C(=O)N(C)Cc4ccco4)o3)cc2C1c1cccc(F)c1. The zero-order chi connectivity index (χ0) is 28.2. The van der Waals surface area contributed by atoms with Crippen molar-refractivity contribution >= 4 is 11.8 Å². The molecule has 7 nitrogen and oxygen atoms in total. The zero-order valence-electron chi connectivity index (χ0n) is 22.9. The minimum absolute atomic E-state index is 0.0473. The lowest BCUT2D eigenvalue weighted by molar-refractivity contribution is -0.134. The maximum absolute atomic E-state index is 14.3. The van der Waals surface area contributed by atoms with Crippen LogP contribution in [0.5, 0.6) is 5.75 Å². The number of carbonyl (C=O) groups excluding carboxylic acids is 2. The Hall–Kier alpha value is -4.33. The van der Waals surface area contributed by atoms with E-state index >= 15 is 0 Å². The van der Waals surface area contributed by atoms with E-state index in [9.17, 15) is 14.0 Å². The lowest BCUT2D eigenvalue weighted by Crippen LogP contribution is -2.41. The maximum Gasteiger partial charge on any atom is 0.289 e. The van der Waals surface area contributed by atoms with Gasteiger partial charge in [-0.25, -0.2) is 4.39 Å². The summed E-state index contributed by atoms with van der Waals surface area (Å²) in [7, 11) is 1.68. The third kappa shape index (κ3) is 6.11. The molecule has 1 atom stereocenters. The number of hydrogen-bond donors (Lipinski definition) is 0. The van der Waals surface area contributed by atoms with Gasteiger partial charge in [-0.2, -0.15) is 0 Å². The molecule has 1 aliphatic heterocycles. The Morgan fingerprint density at radius 3 is 2.67 bits per heavy atom. The van der Waals surface area contributed by atoms with Gasteiger partial charge in [-0.05, 0) is 77.6 Å². The number of carbonyl (C=O) groups is 2. The van der Waals surface area contributed by atoms with Gasteiger partial charge in [0.05, 0.1) is 18.8 Å². The molecule has 0 saturated carbocycles. The van der Waals surface area contributed by atoms with Crippen molar-refractivity contribution in [3.63, 3.8) is 0 Å². The van der Waals surface area contributed by atoms with Gasteiger partial charge in [0.2, 0.25) is 5.91 Å². The first-order valence-corrected chi connectivity index (χ1v) is 13.5. The number of amides is 2. The van der Waals surface area contributed by atoms with E-state index in [1.807, 2.05) is 49.1 Å². The molecule has 0 aliphatic carbocycles. The molecule has 2 aromatic carbocycles. The van der Waals surface area contributed by atoms with Crippen molar-refractivity contribution in [3.8, 4) is 5.75 Å². The van der Waals surface area contributed by atoms with Crippen molar-refractivity contribution in [3.05, 3.63) is 113 Å². The van der Waals surface area contributed by atoms with Crippen LogP contribution in [0.15, 0.2) is 81.8 Å². The number of furan rings is 2. The number of rotatable bonds is 9. The summed E-state index contributed by atoms with van der Waals surface area (Å²) in [5.41, 5.74) is 2.74. The van der Waals surface area contributed by atoms with Gasteiger partial charge in [0.1, 0.15) is 29.7 Å². The van der Waals surface area contributed by atoms with Crippen molar-refractivity contribution in [2.24, 2.45) is 5.92 Å². The number of ether oxygens (including phenoxy) is 1. The van der Waals surface area contributed by atoms with Gasteiger partial charge in [-0.15, -0.1) is 0 Å². The average Bonchev–Trinajstić information content (AvgIpc) is 3.62. The Labute approximate surface area is 233 Å². The van der Waals surface area contributed by atoms with E-state index in [2.05, 4.69) is 0 Å². The van der Waals surface area contributed by atoms with Crippen LogP contribution in [-0.4, -0.2) is 35.2 Å². The minimum Gasteiger partial charge on any atom is -0.486 e. The summed E-state index contributed by atoms with van der Waals surface area (Å²) in [4.78, 5) is 29.4. The van der Waals surface area contributed by atoms with E-state index in [-0.39, 0.29) is 35.9 Å². The van der Waals surface area contributed by atoms with Crippen LogP contribution in [0.25, 0.3) is 0 Å². The Bertz CT molecular complexity index is 1480. The van der Waals surface area contributed by atoms with E-state index in [0.29, 0.717) is 43.2 Å². The summed E-state index contributed by atoms with van der Waals surface area (Å²) in [5.74, 6) is 1.65. The average molecular weight is 545 g/mol. The summed E-state index contributed by atoms with van der Waals surface area (Å²) in [6.07, 6.45) is 2.70. The normalized spacial score (nSPS) is 14.7. The smallest absolute Gasteiger partial charge is 0.289 e. The fourth-order valence-corrected chi connectivity index (χ4v) is 5.08. The second-order valence-corrected chi connectivity index (χ2v) is 10.5. The molecule has 5 rings (SSSR count). The summed E-state index contributed by atoms with van der Waals surface area (Å²) in [6, 6.07) is 18.8. The lowest BCUT2D eigenvalue weighted by Gasteiger charge is -2.38. The molecule has 1 aliphatic rings. The second kappa shape index (κ2) is 11.8. The molecular formula is C32H33FN2O5. The van der Waals surface area contributed by atoms with Crippen LogP contribution in [0.1, 0.15) is 65.1 Å². The predicted molar refractivity (Wildman–Crippen MR) is 147 cm³/mol. The third-order valence-corrected chi connectivity index (χ3v) is 6.99. The second-order valence-electron chi connectivity index (χ2n) is 10.5. The molecule has 3 heterocycles. The standard InChI is InChI=1S/C32H33FN2O5/c1-21(2)16-30(36)35-14-13-22-9-10-25(18-28(22)31(35)23-6-4-7-24(33)17-23)39-20-27-11-12-29(40-27)32(37)34(3)19-26-8-5-15-38-26/h4-12,15,17-18,21,31H,13-14,16,19-20H2,1-3H3. The number of hydrogen-bond acceptors (Lipinski definition) is 5. The van der Waals surface area contributed by atoms with E-state index in [1.54, 1.807) is 37.6 Å². The van der Waals surface area contributed by atoms with Gasteiger partial charge in [0, 0.05) is 20.0 Å². The van der Waals surface area contributed by atoms with Crippen molar-refractivity contribution in [2.75, 3.05) is 13.6 Å². The van der Waals surface area contributed by atoms with Gasteiger partial charge >= 0.3 is 0 Å². The summed E-state index contributed by atoms with van der Waals surface area (Å²) >= 11 is 0. The summed E-state index contributed by atoms with van der Waals surface area (Å²) in [6.45, 7) is 5.05. The molecule has 2 aromatic heterocycles. The Kier molecular flexibility index (Phi) is 8.05. The highest BCUT2D eigenvalue weighted by Gasteiger charge is 2.32. The van der Waals surface area contributed by atoms with Gasteiger partial charge in [0.15, 0.2) is 5.76 Å². The van der Waals surface area contributed by atoms with Crippen LogP contribution in [0, 0.1) is 11.7 Å². The van der Waals surface area contributed by atoms with Crippen LogP contribution >= 0.6 is 0 Å². The Morgan fingerprint density at radius 1 is 1.07 bits per heavy atom. The zero-order valence-corrected chi connectivity index (χ0v) is 22.9. The molecule has 2 amide bonds.